The Labute approximate surface area is 372 Å². The van der Waals surface area contributed by atoms with Crippen LogP contribution in [0.25, 0.3) is 64.7 Å². The quantitative estimate of drug-likeness (QED) is 0.148. The zero-order chi connectivity index (χ0) is 41.7. The standard InChI is InChI=1S/C61H41NS/c1-4-15-42(16-5-1)44-29-34-52(35-30-44)62(53-36-31-45(32-37-53)48-28-27-43-17-10-11-18-46(43)39-48)54-24-14-19-47(40-54)49-33-38-55-57(41-49)61(50-20-6-2-7-21-50,51-22-8-3-9-23-51)59-56-25-12-13-26-58(56)63-60(55)59/h1-41H. The highest BCUT2D eigenvalue weighted by Crippen LogP contribution is 2.61. The molecule has 1 nitrogen and oxygen atoms in total. The van der Waals surface area contributed by atoms with Crippen LogP contribution in [0.15, 0.2) is 249 Å². The summed E-state index contributed by atoms with van der Waals surface area (Å²) in [7, 11) is 0. The third-order valence-electron chi connectivity index (χ3n) is 12.9. The van der Waals surface area contributed by atoms with E-state index in [9.17, 15) is 0 Å². The Balaban J connectivity index is 1.00. The van der Waals surface area contributed by atoms with E-state index in [1.54, 1.807) is 0 Å². The summed E-state index contributed by atoms with van der Waals surface area (Å²) in [6.45, 7) is 0. The summed E-state index contributed by atoms with van der Waals surface area (Å²) in [4.78, 5) is 3.74. The van der Waals surface area contributed by atoms with Gasteiger partial charge in [0.2, 0.25) is 0 Å². The Morgan fingerprint density at radius 1 is 0.333 bits per heavy atom. The highest BCUT2D eigenvalue weighted by molar-refractivity contribution is 7.22. The fraction of sp³-hybridized carbons (Fsp3) is 0.0164. The molecule has 10 aromatic carbocycles. The van der Waals surface area contributed by atoms with Crippen LogP contribution in [0.2, 0.25) is 0 Å². The maximum atomic E-state index is 2.48. The minimum Gasteiger partial charge on any atom is -0.310 e. The van der Waals surface area contributed by atoms with E-state index in [1.165, 1.54) is 86.9 Å². The molecule has 2 heteroatoms. The van der Waals surface area contributed by atoms with E-state index in [-0.39, 0.29) is 0 Å². The van der Waals surface area contributed by atoms with Crippen LogP contribution in [0.3, 0.4) is 0 Å². The van der Waals surface area contributed by atoms with Crippen molar-refractivity contribution in [3.63, 3.8) is 0 Å². The van der Waals surface area contributed by atoms with Gasteiger partial charge in [-0.15, -0.1) is 11.3 Å². The van der Waals surface area contributed by atoms with Crippen molar-refractivity contribution < 1.29 is 0 Å². The average molecular weight is 820 g/mol. The van der Waals surface area contributed by atoms with E-state index in [1.807, 2.05) is 11.3 Å². The summed E-state index contributed by atoms with van der Waals surface area (Å²) in [5.74, 6) is 0. The van der Waals surface area contributed by atoms with Gasteiger partial charge in [-0.2, -0.15) is 0 Å². The Bertz CT molecular complexity index is 3380. The van der Waals surface area contributed by atoms with Gasteiger partial charge in [0, 0.05) is 26.6 Å². The van der Waals surface area contributed by atoms with Crippen LogP contribution < -0.4 is 4.90 Å². The summed E-state index contributed by atoms with van der Waals surface area (Å²) in [6.07, 6.45) is 0. The highest BCUT2D eigenvalue weighted by Gasteiger charge is 2.48. The smallest absolute Gasteiger partial charge is 0.0728 e. The second kappa shape index (κ2) is 15.3. The summed E-state index contributed by atoms with van der Waals surface area (Å²) >= 11 is 1.92. The third kappa shape index (κ3) is 6.22. The van der Waals surface area contributed by atoms with Crippen LogP contribution >= 0.6 is 11.3 Å². The maximum absolute atomic E-state index is 2.48. The first-order valence-corrected chi connectivity index (χ1v) is 22.5. The minimum absolute atomic E-state index is 0.486. The molecule has 1 aliphatic carbocycles. The van der Waals surface area contributed by atoms with Crippen molar-refractivity contribution in [1.29, 1.82) is 0 Å². The van der Waals surface area contributed by atoms with E-state index in [2.05, 4.69) is 254 Å². The molecule has 11 aromatic rings. The number of benzene rings is 10. The minimum atomic E-state index is -0.486. The first kappa shape index (κ1) is 37.0. The lowest BCUT2D eigenvalue weighted by Crippen LogP contribution is -2.28. The van der Waals surface area contributed by atoms with Crippen molar-refractivity contribution >= 4 is 49.3 Å². The van der Waals surface area contributed by atoms with Crippen molar-refractivity contribution in [1.82, 2.24) is 0 Å². The Morgan fingerprint density at radius 2 is 0.841 bits per heavy atom. The molecule has 0 saturated carbocycles. The van der Waals surface area contributed by atoms with E-state index in [0.717, 1.165) is 17.1 Å². The van der Waals surface area contributed by atoms with Crippen molar-refractivity contribution in [3.05, 3.63) is 271 Å². The van der Waals surface area contributed by atoms with Gasteiger partial charge in [-0.1, -0.05) is 194 Å². The summed E-state index contributed by atoms with van der Waals surface area (Å²) in [5, 5.41) is 3.82. The van der Waals surface area contributed by atoms with Crippen LogP contribution in [0, 0.1) is 0 Å². The maximum Gasteiger partial charge on any atom is 0.0728 e. The molecule has 0 aliphatic heterocycles. The number of rotatable bonds is 8. The van der Waals surface area contributed by atoms with Crippen LogP contribution in [0.1, 0.15) is 22.3 Å². The number of hydrogen-bond donors (Lipinski definition) is 0. The zero-order valence-corrected chi connectivity index (χ0v) is 35.3. The molecule has 0 fully saturated rings. The third-order valence-corrected chi connectivity index (χ3v) is 14.1. The second-order valence-corrected chi connectivity index (χ2v) is 17.5. The molecule has 12 rings (SSSR count). The lowest BCUT2D eigenvalue weighted by Gasteiger charge is -2.34. The molecule has 0 saturated heterocycles. The largest absolute Gasteiger partial charge is 0.310 e. The molecular weight excluding hydrogens is 779 g/mol. The van der Waals surface area contributed by atoms with Crippen LogP contribution in [0.4, 0.5) is 17.1 Å². The predicted molar refractivity (Wildman–Crippen MR) is 268 cm³/mol. The molecule has 0 amide bonds. The molecule has 1 aromatic heterocycles. The van der Waals surface area contributed by atoms with Gasteiger partial charge < -0.3 is 4.90 Å². The van der Waals surface area contributed by atoms with Gasteiger partial charge in [0.05, 0.1) is 5.41 Å². The van der Waals surface area contributed by atoms with E-state index >= 15 is 0 Å². The normalized spacial score (nSPS) is 12.6. The second-order valence-electron chi connectivity index (χ2n) is 16.5. The molecule has 296 valence electrons. The van der Waals surface area contributed by atoms with Crippen LogP contribution in [-0.4, -0.2) is 0 Å². The highest BCUT2D eigenvalue weighted by atomic mass is 32.1. The van der Waals surface area contributed by atoms with Gasteiger partial charge in [-0.25, -0.2) is 0 Å². The lowest BCUT2D eigenvalue weighted by atomic mass is 9.67. The Kier molecular flexibility index (Phi) is 8.98. The monoisotopic (exact) mass is 819 g/mol. The molecule has 1 heterocycles. The number of anilines is 3. The lowest BCUT2D eigenvalue weighted by molar-refractivity contribution is 0.777. The topological polar surface area (TPSA) is 3.24 Å². The molecule has 0 unspecified atom stereocenters. The number of nitrogens with zero attached hydrogens (tertiary/aromatic N) is 1. The van der Waals surface area contributed by atoms with E-state index < -0.39 is 5.41 Å². The van der Waals surface area contributed by atoms with Crippen molar-refractivity contribution in [2.75, 3.05) is 4.90 Å². The molecule has 1 aliphatic rings. The van der Waals surface area contributed by atoms with Gasteiger partial charge >= 0.3 is 0 Å². The van der Waals surface area contributed by atoms with Gasteiger partial charge in [-0.3, -0.25) is 0 Å². The first-order chi connectivity index (χ1) is 31.2. The van der Waals surface area contributed by atoms with Gasteiger partial charge in [0.25, 0.3) is 0 Å². The van der Waals surface area contributed by atoms with Crippen LogP contribution in [0.5, 0.6) is 0 Å². The van der Waals surface area contributed by atoms with E-state index in [0.29, 0.717) is 0 Å². The number of fused-ring (bicyclic) bond motifs is 6. The van der Waals surface area contributed by atoms with Crippen molar-refractivity contribution in [2.24, 2.45) is 0 Å². The summed E-state index contributed by atoms with van der Waals surface area (Å²) in [5.41, 5.74) is 16.6. The molecular formula is C61H41NS. The predicted octanol–water partition coefficient (Wildman–Crippen LogP) is 16.9. The summed E-state index contributed by atoms with van der Waals surface area (Å²) in [6, 6.07) is 91.4. The molecule has 0 radical (unpaired) electrons. The molecule has 63 heavy (non-hydrogen) atoms. The van der Waals surface area contributed by atoms with Gasteiger partial charge in [0.15, 0.2) is 0 Å². The van der Waals surface area contributed by atoms with Crippen molar-refractivity contribution in [3.8, 4) is 43.8 Å². The Morgan fingerprint density at radius 3 is 1.54 bits per heavy atom. The fourth-order valence-electron chi connectivity index (χ4n) is 9.99. The van der Waals surface area contributed by atoms with E-state index in [4.69, 9.17) is 0 Å². The number of thiophene rings is 1. The molecule has 0 N–H and O–H groups in total. The fourth-order valence-corrected chi connectivity index (χ4v) is 11.3. The summed E-state index contributed by atoms with van der Waals surface area (Å²) < 4.78 is 1.32. The van der Waals surface area contributed by atoms with Crippen molar-refractivity contribution in [2.45, 2.75) is 5.41 Å². The van der Waals surface area contributed by atoms with Crippen LogP contribution in [-0.2, 0) is 5.41 Å². The molecule has 0 spiro atoms. The Hall–Kier alpha value is -7.78. The number of hydrogen-bond acceptors (Lipinski definition) is 2. The van der Waals surface area contributed by atoms with Gasteiger partial charge in [-0.05, 0) is 132 Å². The van der Waals surface area contributed by atoms with Gasteiger partial charge in [0.1, 0.15) is 0 Å². The SMILES string of the molecule is c1ccc(-c2ccc(N(c3ccc(-c4ccc5ccccc5c4)cc3)c3cccc(-c4ccc5c(c4)C(c4ccccc4)(c4ccccc4)c4c-5sc5ccccc45)c3)cc2)cc1. The molecule has 0 atom stereocenters. The zero-order valence-electron chi connectivity index (χ0n) is 34.5. The first-order valence-electron chi connectivity index (χ1n) is 21.7. The molecule has 0 bridgehead atoms. The average Bonchev–Trinajstić information content (AvgIpc) is 3.88.